The topological polar surface area (TPSA) is 59.8 Å². The molecule has 2 heterocycles. The summed E-state index contributed by atoms with van der Waals surface area (Å²) in [5.41, 5.74) is 1.38. The molecule has 2 aliphatic rings. The Hall–Kier alpha value is -2.56. The minimum atomic E-state index is -0.0921. The Morgan fingerprint density at radius 2 is 1.96 bits per heavy atom. The molecule has 4 rings (SSSR count). The highest BCUT2D eigenvalue weighted by atomic mass is 16.5. The minimum Gasteiger partial charge on any atom is -0.496 e. The number of fused-ring (bicyclic) bond motifs is 1. The van der Waals surface area contributed by atoms with Gasteiger partial charge in [0.1, 0.15) is 5.75 Å². The monoisotopic (exact) mass is 381 g/mol. The van der Waals surface area contributed by atoms with E-state index in [0.29, 0.717) is 23.0 Å². The van der Waals surface area contributed by atoms with Crippen LogP contribution in [0.3, 0.4) is 0 Å². The van der Waals surface area contributed by atoms with Crippen LogP contribution in [-0.4, -0.2) is 36.8 Å². The molecule has 0 N–H and O–H groups in total. The molecule has 1 aromatic carbocycles. The fraction of sp³-hybridized carbons (Fsp3) is 0.478. The second-order valence-corrected chi connectivity index (χ2v) is 7.96. The maximum absolute atomic E-state index is 13.1. The smallest absolute Gasteiger partial charge is 0.257 e. The quantitative estimate of drug-likeness (QED) is 0.722. The lowest BCUT2D eigenvalue weighted by molar-refractivity contribution is 0.0518. The molecule has 0 spiro atoms. The fourth-order valence-electron chi connectivity index (χ4n) is 4.69. The lowest BCUT2D eigenvalue weighted by Gasteiger charge is -2.41. The Labute approximate surface area is 165 Å². The van der Waals surface area contributed by atoms with Crippen molar-refractivity contribution in [3.63, 3.8) is 0 Å². The summed E-state index contributed by atoms with van der Waals surface area (Å²) in [5.74, 6) is 2.24. The van der Waals surface area contributed by atoms with Crippen molar-refractivity contribution in [3.05, 3.63) is 53.5 Å². The molecule has 0 bridgehead atoms. The van der Waals surface area contributed by atoms with Crippen molar-refractivity contribution in [2.45, 2.75) is 38.5 Å². The lowest BCUT2D eigenvalue weighted by atomic mass is 9.75. The molecule has 1 saturated heterocycles. The molecular weight excluding hydrogens is 354 g/mol. The number of nitrogens with zero attached hydrogens (tertiary/aromatic N) is 1. The highest BCUT2D eigenvalue weighted by Crippen LogP contribution is 2.37. The van der Waals surface area contributed by atoms with Gasteiger partial charge in [-0.1, -0.05) is 25.3 Å². The molecule has 1 aliphatic carbocycles. The molecule has 2 unspecified atom stereocenters. The van der Waals surface area contributed by atoms with E-state index in [4.69, 9.17) is 9.15 Å². The Balaban J connectivity index is 1.48. The first kappa shape index (κ1) is 18.8. The predicted molar refractivity (Wildman–Crippen MR) is 106 cm³/mol. The van der Waals surface area contributed by atoms with Crippen LogP contribution >= 0.6 is 0 Å². The normalized spacial score (nSPS) is 21.8. The number of likely N-dealkylation sites (tertiary alicyclic amines) is 1. The number of carbonyl (C=O) groups is 2. The van der Waals surface area contributed by atoms with Crippen LogP contribution in [0.1, 0.15) is 58.6 Å². The minimum absolute atomic E-state index is 0.0322. The summed E-state index contributed by atoms with van der Waals surface area (Å²) in [5, 5.41) is 0. The molecule has 1 aromatic heterocycles. The second kappa shape index (κ2) is 8.21. The van der Waals surface area contributed by atoms with E-state index < -0.39 is 0 Å². The summed E-state index contributed by atoms with van der Waals surface area (Å²) >= 11 is 0. The van der Waals surface area contributed by atoms with Gasteiger partial charge in [-0.25, -0.2) is 0 Å². The summed E-state index contributed by atoms with van der Waals surface area (Å²) in [7, 11) is 1.57. The van der Waals surface area contributed by atoms with Crippen LogP contribution in [-0.2, 0) is 6.42 Å². The van der Waals surface area contributed by atoms with Gasteiger partial charge in [0.15, 0.2) is 5.76 Å². The molecule has 2 fully saturated rings. The SMILES string of the molecule is COc1cc(CC(=O)c2ccco2)ccc1C(=O)N1CCC2CCCCC2C1. The molecule has 1 saturated carbocycles. The number of hydrogen-bond donors (Lipinski definition) is 0. The molecule has 28 heavy (non-hydrogen) atoms. The van der Waals surface area contributed by atoms with Crippen LogP contribution in [0.2, 0.25) is 0 Å². The number of ketones is 1. The summed E-state index contributed by atoms with van der Waals surface area (Å²) < 4.78 is 10.7. The van der Waals surface area contributed by atoms with Crippen LogP contribution in [0, 0.1) is 11.8 Å². The Bertz CT molecular complexity index is 842. The van der Waals surface area contributed by atoms with Crippen LogP contribution in [0.4, 0.5) is 0 Å². The van der Waals surface area contributed by atoms with E-state index in [9.17, 15) is 9.59 Å². The zero-order chi connectivity index (χ0) is 19.5. The van der Waals surface area contributed by atoms with Gasteiger partial charge in [0.25, 0.3) is 5.91 Å². The summed E-state index contributed by atoms with van der Waals surface area (Å²) in [6.45, 7) is 1.67. The molecule has 148 valence electrons. The summed E-state index contributed by atoms with van der Waals surface area (Å²) in [4.78, 5) is 27.4. The Morgan fingerprint density at radius 3 is 2.71 bits per heavy atom. The van der Waals surface area contributed by atoms with E-state index in [1.807, 2.05) is 11.0 Å². The highest BCUT2D eigenvalue weighted by molar-refractivity contribution is 5.98. The molecule has 2 atom stereocenters. The maximum Gasteiger partial charge on any atom is 0.257 e. The van der Waals surface area contributed by atoms with Gasteiger partial charge in [-0.05, 0) is 54.5 Å². The first-order valence-corrected chi connectivity index (χ1v) is 10.2. The van der Waals surface area contributed by atoms with Gasteiger partial charge in [0, 0.05) is 19.5 Å². The number of benzene rings is 1. The molecule has 0 radical (unpaired) electrons. The van der Waals surface area contributed by atoms with Crippen LogP contribution < -0.4 is 4.74 Å². The second-order valence-electron chi connectivity index (χ2n) is 7.96. The highest BCUT2D eigenvalue weighted by Gasteiger charge is 2.33. The predicted octanol–water partition coefficient (Wildman–Crippen LogP) is 4.37. The number of amides is 1. The largest absolute Gasteiger partial charge is 0.496 e. The van der Waals surface area contributed by atoms with E-state index in [2.05, 4.69) is 0 Å². The van der Waals surface area contributed by atoms with Gasteiger partial charge in [-0.15, -0.1) is 0 Å². The van der Waals surface area contributed by atoms with Crippen molar-refractivity contribution in [3.8, 4) is 5.75 Å². The van der Waals surface area contributed by atoms with Crippen molar-refractivity contribution >= 4 is 11.7 Å². The van der Waals surface area contributed by atoms with Crippen molar-refractivity contribution < 1.29 is 18.7 Å². The average molecular weight is 381 g/mol. The third kappa shape index (κ3) is 3.84. The number of ether oxygens (including phenoxy) is 1. The molecule has 2 aromatic rings. The zero-order valence-corrected chi connectivity index (χ0v) is 16.4. The van der Waals surface area contributed by atoms with E-state index in [1.165, 1.54) is 31.9 Å². The third-order valence-electron chi connectivity index (χ3n) is 6.24. The van der Waals surface area contributed by atoms with E-state index in [0.717, 1.165) is 31.0 Å². The van der Waals surface area contributed by atoms with E-state index in [1.54, 1.807) is 31.4 Å². The van der Waals surface area contributed by atoms with Crippen LogP contribution in [0.25, 0.3) is 0 Å². The number of methoxy groups -OCH3 is 1. The van der Waals surface area contributed by atoms with Crippen LogP contribution in [0.5, 0.6) is 5.75 Å². The molecule has 1 aliphatic heterocycles. The number of piperidine rings is 1. The van der Waals surface area contributed by atoms with Gasteiger partial charge in [0.2, 0.25) is 5.78 Å². The van der Waals surface area contributed by atoms with E-state index in [-0.39, 0.29) is 18.1 Å². The van der Waals surface area contributed by atoms with Gasteiger partial charge in [0.05, 0.1) is 18.9 Å². The number of Topliss-reactive ketones (excluding diaryl/α,β-unsaturated/α-hetero) is 1. The van der Waals surface area contributed by atoms with E-state index >= 15 is 0 Å². The van der Waals surface area contributed by atoms with Crippen molar-refractivity contribution in [1.82, 2.24) is 4.90 Å². The Morgan fingerprint density at radius 1 is 1.14 bits per heavy atom. The lowest BCUT2D eigenvalue weighted by Crippen LogP contribution is -2.44. The van der Waals surface area contributed by atoms with Crippen molar-refractivity contribution in [2.75, 3.05) is 20.2 Å². The first-order valence-electron chi connectivity index (χ1n) is 10.2. The molecule has 5 nitrogen and oxygen atoms in total. The maximum atomic E-state index is 13.1. The average Bonchev–Trinajstić information content (AvgIpc) is 3.28. The fourth-order valence-corrected chi connectivity index (χ4v) is 4.69. The number of carbonyl (C=O) groups excluding carboxylic acids is 2. The molecule has 1 amide bonds. The third-order valence-corrected chi connectivity index (χ3v) is 6.24. The van der Waals surface area contributed by atoms with Crippen LogP contribution in [0.15, 0.2) is 41.0 Å². The number of furan rings is 1. The number of rotatable bonds is 5. The zero-order valence-electron chi connectivity index (χ0n) is 16.4. The van der Waals surface area contributed by atoms with Gasteiger partial charge in [-0.3, -0.25) is 9.59 Å². The summed E-state index contributed by atoms with van der Waals surface area (Å²) in [6.07, 6.45) is 7.98. The van der Waals surface area contributed by atoms with Gasteiger partial charge >= 0.3 is 0 Å². The molecule has 5 heteroatoms. The van der Waals surface area contributed by atoms with Crippen molar-refractivity contribution in [1.29, 1.82) is 0 Å². The first-order chi connectivity index (χ1) is 13.7. The number of hydrogen-bond acceptors (Lipinski definition) is 4. The van der Waals surface area contributed by atoms with Gasteiger partial charge < -0.3 is 14.1 Å². The summed E-state index contributed by atoms with van der Waals surface area (Å²) in [6, 6.07) is 8.78. The Kier molecular flexibility index (Phi) is 5.51. The molecular formula is C23H27NO4. The standard InChI is InChI=1S/C23H27NO4/c1-27-22-14-16(13-20(25)21-7-4-12-28-21)8-9-19(22)23(26)24-11-10-17-5-2-3-6-18(17)15-24/h4,7-9,12,14,17-18H,2-3,5-6,10-11,13,15H2,1H3. The van der Waals surface area contributed by atoms with Crippen molar-refractivity contribution in [2.24, 2.45) is 11.8 Å². The van der Waals surface area contributed by atoms with Gasteiger partial charge in [-0.2, -0.15) is 0 Å².